The van der Waals surface area contributed by atoms with E-state index in [1.807, 2.05) is 20.8 Å². The molecule has 1 aromatic carbocycles. The van der Waals surface area contributed by atoms with Crippen LogP contribution in [0.2, 0.25) is 0 Å². The number of piperidine rings is 1. The highest BCUT2D eigenvalue weighted by molar-refractivity contribution is 5.97. The molecule has 7 nitrogen and oxygen atoms in total. The molecule has 1 aromatic rings. The topological polar surface area (TPSA) is 99.1 Å². The van der Waals surface area contributed by atoms with Gasteiger partial charge in [-0.25, -0.2) is 0 Å². The molecule has 31 heavy (non-hydrogen) atoms. The fourth-order valence-electron chi connectivity index (χ4n) is 4.44. The number of esters is 1. The second-order valence-electron chi connectivity index (χ2n) is 9.29. The number of amides is 1. The highest BCUT2D eigenvalue weighted by atomic mass is 16.5. The summed E-state index contributed by atoms with van der Waals surface area (Å²) in [6.07, 6.45) is 5.96. The molecule has 0 radical (unpaired) electrons. The van der Waals surface area contributed by atoms with E-state index in [1.165, 1.54) is 6.07 Å². The first-order valence-corrected chi connectivity index (χ1v) is 11.5. The van der Waals surface area contributed by atoms with Crippen molar-refractivity contribution < 1.29 is 24.5 Å². The third-order valence-electron chi connectivity index (χ3n) is 6.55. The zero-order chi connectivity index (χ0) is 22.5. The summed E-state index contributed by atoms with van der Waals surface area (Å²) in [6, 6.07) is 2.53. The van der Waals surface area contributed by atoms with E-state index < -0.39 is 0 Å². The molecule has 1 heterocycles. The van der Waals surface area contributed by atoms with Crippen molar-refractivity contribution in [3.63, 3.8) is 0 Å². The van der Waals surface area contributed by atoms with E-state index in [1.54, 1.807) is 11.0 Å². The quantitative estimate of drug-likeness (QED) is 0.570. The maximum Gasteiger partial charge on any atom is 0.323 e. The maximum atomic E-state index is 12.9. The van der Waals surface area contributed by atoms with Gasteiger partial charge in [0.25, 0.3) is 5.91 Å². The molecular formula is C24H36N2O5. The average Bonchev–Trinajstić information content (AvgIpc) is 3.24. The SMILES string of the molecule is CC(C)c1cc(C(=O)N2CCC(CN[C@@H](C)C(=O)OC3CCCC3)CC2)c(O)cc1O. The summed E-state index contributed by atoms with van der Waals surface area (Å²) < 4.78 is 5.56. The van der Waals surface area contributed by atoms with Crippen molar-refractivity contribution in [3.05, 3.63) is 23.3 Å². The van der Waals surface area contributed by atoms with Crippen LogP contribution in [0.25, 0.3) is 0 Å². The van der Waals surface area contributed by atoms with E-state index in [2.05, 4.69) is 5.32 Å². The van der Waals surface area contributed by atoms with Crippen molar-refractivity contribution in [1.29, 1.82) is 0 Å². The molecule has 2 fully saturated rings. The van der Waals surface area contributed by atoms with Crippen LogP contribution in [0.15, 0.2) is 12.1 Å². The lowest BCUT2D eigenvalue weighted by Crippen LogP contribution is -2.44. The van der Waals surface area contributed by atoms with Crippen molar-refractivity contribution >= 4 is 11.9 Å². The third kappa shape index (κ3) is 5.91. The molecule has 172 valence electrons. The first-order valence-electron chi connectivity index (χ1n) is 11.5. The van der Waals surface area contributed by atoms with Crippen molar-refractivity contribution in [2.75, 3.05) is 19.6 Å². The fourth-order valence-corrected chi connectivity index (χ4v) is 4.44. The van der Waals surface area contributed by atoms with Gasteiger partial charge in [0.05, 0.1) is 5.56 Å². The number of ether oxygens (including phenoxy) is 1. The van der Waals surface area contributed by atoms with Crippen LogP contribution in [0, 0.1) is 5.92 Å². The van der Waals surface area contributed by atoms with Gasteiger partial charge >= 0.3 is 5.97 Å². The van der Waals surface area contributed by atoms with Gasteiger partial charge in [0.15, 0.2) is 0 Å². The number of aromatic hydroxyl groups is 2. The number of carbonyl (C=O) groups excluding carboxylic acids is 2. The molecule has 1 aliphatic heterocycles. The molecule has 2 aliphatic rings. The minimum Gasteiger partial charge on any atom is -0.508 e. The number of nitrogens with zero attached hydrogens (tertiary/aromatic N) is 1. The van der Waals surface area contributed by atoms with Crippen molar-refractivity contribution in [3.8, 4) is 11.5 Å². The standard InChI is InChI=1S/C24H36N2O5/c1-15(2)19-12-20(22(28)13-21(19)27)23(29)26-10-8-17(9-11-26)14-25-16(3)24(30)31-18-6-4-5-7-18/h12-13,15-18,25,27-28H,4-11,14H2,1-3H3/t16-/m0/s1. The van der Waals surface area contributed by atoms with Crippen LogP contribution in [0.3, 0.4) is 0 Å². The molecule has 1 aliphatic carbocycles. The zero-order valence-corrected chi connectivity index (χ0v) is 18.9. The normalized spacial score (nSPS) is 19.0. The number of rotatable bonds is 7. The zero-order valence-electron chi connectivity index (χ0n) is 18.9. The Morgan fingerprint density at radius 3 is 2.32 bits per heavy atom. The molecule has 0 unspecified atom stereocenters. The third-order valence-corrected chi connectivity index (χ3v) is 6.55. The Kier molecular flexibility index (Phi) is 7.81. The Balaban J connectivity index is 1.47. The summed E-state index contributed by atoms with van der Waals surface area (Å²) in [5, 5.41) is 23.5. The van der Waals surface area contributed by atoms with Crippen LogP contribution < -0.4 is 5.32 Å². The maximum absolute atomic E-state index is 12.9. The minimum atomic E-state index is -0.330. The smallest absolute Gasteiger partial charge is 0.323 e. The number of benzene rings is 1. The Hall–Kier alpha value is -2.28. The van der Waals surface area contributed by atoms with Gasteiger partial charge < -0.3 is 25.2 Å². The second kappa shape index (κ2) is 10.4. The Morgan fingerprint density at radius 1 is 1.06 bits per heavy atom. The van der Waals surface area contributed by atoms with Crippen molar-refractivity contribution in [1.82, 2.24) is 10.2 Å². The second-order valence-corrected chi connectivity index (χ2v) is 9.29. The van der Waals surface area contributed by atoms with E-state index in [-0.39, 0.29) is 47.0 Å². The van der Waals surface area contributed by atoms with Crippen LogP contribution in [0.4, 0.5) is 0 Å². The highest BCUT2D eigenvalue weighted by Gasteiger charge is 2.28. The number of hydrogen-bond donors (Lipinski definition) is 3. The molecule has 3 rings (SSSR count). The molecule has 0 spiro atoms. The largest absolute Gasteiger partial charge is 0.508 e. The van der Waals surface area contributed by atoms with Gasteiger partial charge in [-0.1, -0.05) is 13.8 Å². The minimum absolute atomic E-state index is 0.00871. The Morgan fingerprint density at radius 2 is 1.71 bits per heavy atom. The predicted octanol–water partition coefficient (Wildman–Crippen LogP) is 3.54. The fraction of sp³-hybridized carbons (Fsp3) is 0.667. The number of phenols is 2. The van der Waals surface area contributed by atoms with Gasteiger partial charge in [-0.05, 0) is 75.5 Å². The van der Waals surface area contributed by atoms with Gasteiger partial charge in [0, 0.05) is 19.2 Å². The molecule has 1 atom stereocenters. The molecule has 1 saturated carbocycles. The van der Waals surface area contributed by atoms with Crippen LogP contribution >= 0.6 is 0 Å². The average molecular weight is 433 g/mol. The van der Waals surface area contributed by atoms with Crippen LogP contribution in [-0.4, -0.2) is 58.8 Å². The molecule has 0 bridgehead atoms. The lowest BCUT2D eigenvalue weighted by molar-refractivity contribution is -0.150. The molecule has 0 aromatic heterocycles. The number of phenolic OH excluding ortho intramolecular Hbond substituents is 2. The van der Waals surface area contributed by atoms with Gasteiger partial charge in [0.1, 0.15) is 23.6 Å². The first-order chi connectivity index (χ1) is 14.8. The molecule has 3 N–H and O–H groups in total. The van der Waals surface area contributed by atoms with Gasteiger partial charge in [-0.2, -0.15) is 0 Å². The summed E-state index contributed by atoms with van der Waals surface area (Å²) in [4.78, 5) is 26.9. The van der Waals surface area contributed by atoms with Gasteiger partial charge in [-0.3, -0.25) is 9.59 Å². The number of nitrogens with one attached hydrogen (secondary N) is 1. The summed E-state index contributed by atoms with van der Waals surface area (Å²) >= 11 is 0. The number of carbonyl (C=O) groups is 2. The summed E-state index contributed by atoms with van der Waals surface area (Å²) in [6.45, 7) is 7.63. The van der Waals surface area contributed by atoms with Crippen molar-refractivity contribution in [2.24, 2.45) is 5.92 Å². The monoisotopic (exact) mass is 432 g/mol. The molecule has 1 saturated heterocycles. The lowest BCUT2D eigenvalue weighted by Gasteiger charge is -2.33. The van der Waals surface area contributed by atoms with Gasteiger partial charge in [-0.15, -0.1) is 0 Å². The highest BCUT2D eigenvalue weighted by Crippen LogP contribution is 2.33. The Labute approximate surface area is 184 Å². The first kappa shape index (κ1) is 23.4. The van der Waals surface area contributed by atoms with E-state index in [0.29, 0.717) is 31.1 Å². The van der Waals surface area contributed by atoms with Crippen LogP contribution in [0.1, 0.15) is 81.1 Å². The van der Waals surface area contributed by atoms with E-state index in [9.17, 15) is 19.8 Å². The lowest BCUT2D eigenvalue weighted by atomic mass is 9.94. The predicted molar refractivity (Wildman–Crippen MR) is 118 cm³/mol. The summed E-state index contributed by atoms with van der Waals surface area (Å²) in [7, 11) is 0. The number of hydrogen-bond acceptors (Lipinski definition) is 6. The summed E-state index contributed by atoms with van der Waals surface area (Å²) in [5.74, 6) is -0.140. The van der Waals surface area contributed by atoms with Crippen LogP contribution in [0.5, 0.6) is 11.5 Å². The summed E-state index contributed by atoms with van der Waals surface area (Å²) in [5.41, 5.74) is 0.889. The molecule has 7 heteroatoms. The van der Waals surface area contributed by atoms with E-state index >= 15 is 0 Å². The van der Waals surface area contributed by atoms with E-state index in [4.69, 9.17) is 4.74 Å². The van der Waals surface area contributed by atoms with Crippen LogP contribution in [-0.2, 0) is 9.53 Å². The van der Waals surface area contributed by atoms with E-state index in [0.717, 1.165) is 38.5 Å². The number of likely N-dealkylation sites (tertiary alicyclic amines) is 1. The Bertz CT molecular complexity index is 780. The van der Waals surface area contributed by atoms with Crippen molar-refractivity contribution in [2.45, 2.75) is 77.4 Å². The van der Waals surface area contributed by atoms with Gasteiger partial charge in [0.2, 0.25) is 0 Å². The molecule has 1 amide bonds. The molecular weight excluding hydrogens is 396 g/mol.